The maximum absolute atomic E-state index is 13.3. The van der Waals surface area contributed by atoms with Crippen molar-refractivity contribution in [3.63, 3.8) is 0 Å². The first-order valence-electron chi connectivity index (χ1n) is 10.3. The Morgan fingerprint density at radius 2 is 2.00 bits per heavy atom. The predicted octanol–water partition coefficient (Wildman–Crippen LogP) is 4.99. The summed E-state index contributed by atoms with van der Waals surface area (Å²) in [5.74, 6) is -1.29. The minimum atomic E-state index is -1.16. The fourth-order valence-electron chi connectivity index (χ4n) is 3.58. The minimum absolute atomic E-state index is 0.0592. The molecule has 1 aromatic heterocycles. The van der Waals surface area contributed by atoms with E-state index < -0.39 is 24.0 Å². The Hall–Kier alpha value is -2.74. The molecule has 1 aliphatic carbocycles. The van der Waals surface area contributed by atoms with Crippen LogP contribution in [-0.2, 0) is 9.59 Å². The Labute approximate surface area is 194 Å². The second-order valence-corrected chi connectivity index (χ2v) is 9.53. The number of aliphatic hydroxyl groups excluding tert-OH is 1. The topological polar surface area (TPSA) is 90.7 Å². The van der Waals surface area contributed by atoms with E-state index in [0.717, 1.165) is 29.1 Å². The number of halogens is 1. The number of aliphatic hydroxyl groups is 1. The maximum atomic E-state index is 13.3. The van der Waals surface area contributed by atoms with Crippen LogP contribution < -0.4 is 0 Å². The molecule has 166 valence electrons. The quantitative estimate of drug-likeness (QED) is 0.452. The second-order valence-electron chi connectivity index (χ2n) is 8.03. The van der Waals surface area contributed by atoms with Gasteiger partial charge in [-0.2, -0.15) is 0 Å². The summed E-state index contributed by atoms with van der Waals surface area (Å²) in [7, 11) is 0. The molecule has 6 nitrogen and oxygen atoms in total. The highest BCUT2D eigenvalue weighted by molar-refractivity contribution is 7.18. The Kier molecular flexibility index (Phi) is 6.60. The fourth-order valence-corrected chi connectivity index (χ4v) is 4.89. The Morgan fingerprint density at radius 3 is 2.66 bits per heavy atom. The largest absolute Gasteiger partial charge is 0.478 e. The van der Waals surface area contributed by atoms with Crippen molar-refractivity contribution in [2.75, 3.05) is 6.54 Å². The average Bonchev–Trinajstić information content (AvgIpc) is 3.48. The molecular formula is C24H23ClN2O4S. The van der Waals surface area contributed by atoms with Crippen molar-refractivity contribution in [3.05, 3.63) is 75.8 Å². The maximum Gasteiger partial charge on any atom is 0.331 e. The molecule has 32 heavy (non-hydrogen) atoms. The molecule has 1 aliphatic rings. The van der Waals surface area contributed by atoms with Crippen molar-refractivity contribution in [1.82, 2.24) is 9.88 Å². The van der Waals surface area contributed by atoms with E-state index in [-0.39, 0.29) is 5.57 Å². The van der Waals surface area contributed by atoms with Crippen LogP contribution in [0.4, 0.5) is 0 Å². The van der Waals surface area contributed by atoms with Crippen LogP contribution in [0.3, 0.4) is 0 Å². The summed E-state index contributed by atoms with van der Waals surface area (Å²) in [6.07, 6.45) is 2.02. The van der Waals surface area contributed by atoms with Gasteiger partial charge in [-0.1, -0.05) is 35.9 Å². The average molecular weight is 471 g/mol. The summed E-state index contributed by atoms with van der Waals surface area (Å²) in [5, 5.41) is 21.8. The SMILES string of the molecule is CC(=CC(=O)N(CC1CC1)[C@H](c1nc2ccccc2s1)[C@H](O)c1cccc(Cl)c1)C(=O)O. The zero-order valence-corrected chi connectivity index (χ0v) is 19.0. The smallest absolute Gasteiger partial charge is 0.331 e. The van der Waals surface area contributed by atoms with Crippen LogP contribution in [-0.4, -0.2) is 38.5 Å². The lowest BCUT2D eigenvalue weighted by atomic mass is 10.0. The lowest BCUT2D eigenvalue weighted by Crippen LogP contribution is -2.39. The first-order chi connectivity index (χ1) is 15.3. The summed E-state index contributed by atoms with van der Waals surface area (Å²) in [4.78, 5) is 30.9. The highest BCUT2D eigenvalue weighted by atomic mass is 35.5. The highest BCUT2D eigenvalue weighted by Crippen LogP contribution is 2.41. The molecule has 2 aromatic carbocycles. The summed E-state index contributed by atoms with van der Waals surface area (Å²) >= 11 is 7.58. The Bertz CT molecular complexity index is 1150. The number of nitrogens with zero attached hydrogens (tertiary/aromatic N) is 2. The molecule has 4 rings (SSSR count). The van der Waals surface area contributed by atoms with E-state index in [4.69, 9.17) is 16.6 Å². The number of hydrogen-bond acceptors (Lipinski definition) is 5. The molecule has 0 unspecified atom stereocenters. The zero-order chi connectivity index (χ0) is 22.8. The molecule has 2 atom stereocenters. The first kappa shape index (κ1) is 22.5. The van der Waals surface area contributed by atoms with E-state index in [9.17, 15) is 19.8 Å². The molecule has 0 radical (unpaired) electrons. The van der Waals surface area contributed by atoms with Crippen molar-refractivity contribution in [1.29, 1.82) is 0 Å². The lowest BCUT2D eigenvalue weighted by Gasteiger charge is -2.33. The molecule has 3 aromatic rings. The highest BCUT2D eigenvalue weighted by Gasteiger charge is 2.37. The van der Waals surface area contributed by atoms with Crippen molar-refractivity contribution in [2.45, 2.75) is 31.9 Å². The standard InChI is InChI=1S/C24H23ClN2O4S/c1-14(24(30)31)11-20(28)27(13-15-9-10-15)21(22(29)16-5-4-6-17(25)12-16)23-26-18-7-2-3-8-19(18)32-23/h2-8,11-12,15,21-22,29H,9-10,13H2,1H3,(H,30,31)/t21-,22+/m0/s1. The molecule has 2 N–H and O–H groups in total. The van der Waals surface area contributed by atoms with Crippen molar-refractivity contribution in [3.8, 4) is 0 Å². The monoisotopic (exact) mass is 470 g/mol. The molecule has 0 bridgehead atoms. The number of thiazole rings is 1. The van der Waals surface area contributed by atoms with Gasteiger partial charge in [-0.25, -0.2) is 9.78 Å². The number of fused-ring (bicyclic) bond motifs is 1. The number of rotatable bonds is 8. The number of carboxylic acid groups (broad SMARTS) is 1. The molecule has 0 saturated heterocycles. The number of aliphatic carboxylic acids is 1. The molecule has 0 spiro atoms. The molecule has 0 aliphatic heterocycles. The van der Waals surface area contributed by atoms with Crippen LogP contribution >= 0.6 is 22.9 Å². The van der Waals surface area contributed by atoms with Gasteiger partial charge in [0.25, 0.3) is 0 Å². The van der Waals surface area contributed by atoms with Crippen LogP contribution in [0, 0.1) is 5.92 Å². The zero-order valence-electron chi connectivity index (χ0n) is 17.4. The minimum Gasteiger partial charge on any atom is -0.478 e. The van der Waals surface area contributed by atoms with E-state index in [1.807, 2.05) is 24.3 Å². The number of benzene rings is 2. The number of carbonyl (C=O) groups excluding carboxylic acids is 1. The summed E-state index contributed by atoms with van der Waals surface area (Å²) < 4.78 is 0.946. The third-order valence-corrected chi connectivity index (χ3v) is 6.84. The number of para-hydroxylation sites is 1. The van der Waals surface area contributed by atoms with E-state index in [0.29, 0.717) is 28.1 Å². The summed E-state index contributed by atoms with van der Waals surface area (Å²) in [6.45, 7) is 1.80. The third-order valence-electron chi connectivity index (χ3n) is 5.50. The number of carboxylic acids is 1. The van der Waals surface area contributed by atoms with E-state index in [1.54, 1.807) is 29.2 Å². The van der Waals surface area contributed by atoms with Gasteiger partial charge in [-0.15, -0.1) is 11.3 Å². The fraction of sp³-hybridized carbons (Fsp3) is 0.292. The first-order valence-corrected chi connectivity index (χ1v) is 11.5. The molecule has 8 heteroatoms. The third kappa shape index (κ3) is 5.01. The van der Waals surface area contributed by atoms with Crippen LogP contribution in [0.1, 0.15) is 42.5 Å². The number of aromatic nitrogens is 1. The van der Waals surface area contributed by atoms with Gasteiger partial charge in [0, 0.05) is 23.2 Å². The molecule has 1 fully saturated rings. The van der Waals surface area contributed by atoms with E-state index in [1.165, 1.54) is 18.3 Å². The normalized spacial score (nSPS) is 16.0. The molecule has 1 heterocycles. The van der Waals surface area contributed by atoms with Gasteiger partial charge in [-0.05, 0) is 55.5 Å². The van der Waals surface area contributed by atoms with Crippen molar-refractivity contribution >= 4 is 45.0 Å². The van der Waals surface area contributed by atoms with Gasteiger partial charge in [0.2, 0.25) is 5.91 Å². The second kappa shape index (κ2) is 9.40. The Morgan fingerprint density at radius 1 is 1.25 bits per heavy atom. The predicted molar refractivity (Wildman–Crippen MR) is 125 cm³/mol. The Balaban J connectivity index is 1.81. The van der Waals surface area contributed by atoms with Gasteiger partial charge in [-0.3, -0.25) is 4.79 Å². The van der Waals surface area contributed by atoms with Crippen molar-refractivity contribution < 1.29 is 19.8 Å². The van der Waals surface area contributed by atoms with Gasteiger partial charge in [0.15, 0.2) is 0 Å². The van der Waals surface area contributed by atoms with Crippen LogP contribution in [0.5, 0.6) is 0 Å². The van der Waals surface area contributed by atoms with Gasteiger partial charge < -0.3 is 15.1 Å². The van der Waals surface area contributed by atoms with E-state index >= 15 is 0 Å². The van der Waals surface area contributed by atoms with Crippen LogP contribution in [0.25, 0.3) is 10.2 Å². The number of amides is 1. The van der Waals surface area contributed by atoms with Gasteiger partial charge in [0.1, 0.15) is 17.2 Å². The van der Waals surface area contributed by atoms with Crippen LogP contribution in [0.2, 0.25) is 5.02 Å². The van der Waals surface area contributed by atoms with Gasteiger partial charge >= 0.3 is 5.97 Å². The van der Waals surface area contributed by atoms with Crippen molar-refractivity contribution in [2.24, 2.45) is 5.92 Å². The molecular weight excluding hydrogens is 448 g/mol. The summed E-state index contributed by atoms with van der Waals surface area (Å²) in [6, 6.07) is 13.8. The molecule has 1 amide bonds. The van der Waals surface area contributed by atoms with Gasteiger partial charge in [0.05, 0.1) is 10.2 Å². The molecule has 1 saturated carbocycles. The lowest BCUT2D eigenvalue weighted by molar-refractivity contribution is -0.135. The number of hydrogen-bond donors (Lipinski definition) is 2. The van der Waals surface area contributed by atoms with E-state index in [2.05, 4.69) is 0 Å². The number of carbonyl (C=O) groups is 2. The van der Waals surface area contributed by atoms with Crippen LogP contribution in [0.15, 0.2) is 60.2 Å². The summed E-state index contributed by atoms with van der Waals surface area (Å²) in [5.41, 5.74) is 1.29.